The van der Waals surface area contributed by atoms with Gasteiger partial charge in [-0.15, -0.1) is 0 Å². The van der Waals surface area contributed by atoms with Crippen molar-refractivity contribution < 1.29 is 28.6 Å². The molecule has 2 aliphatic heterocycles. The third kappa shape index (κ3) is 6.28. The molecule has 0 bridgehead atoms. The predicted molar refractivity (Wildman–Crippen MR) is 154 cm³/mol. The number of carbonyl (C=O) groups is 3. The van der Waals surface area contributed by atoms with E-state index in [-0.39, 0.29) is 37.0 Å². The van der Waals surface area contributed by atoms with Gasteiger partial charge in [0.15, 0.2) is 6.61 Å². The van der Waals surface area contributed by atoms with E-state index in [9.17, 15) is 14.4 Å². The molecule has 0 radical (unpaired) electrons. The predicted octanol–water partition coefficient (Wildman–Crippen LogP) is 6.32. The standard InChI is InChI=1S/C33H34N2O6/c36-31(21-40-25-13-11-23(12-14-25)22-6-2-1-3-7-22)34-24-8-4-9-26(18-24)41-27-15-16-29-30(19-27)33(38)35(32(29)37)20-28-10-5-17-39-28/h4,8-9,11-16,18-19,22,28H,1-3,5-7,10,17,20-21H2,(H,34,36). The highest BCUT2D eigenvalue weighted by Gasteiger charge is 2.37. The molecule has 1 N–H and O–H groups in total. The number of nitrogens with zero attached hydrogens (tertiary/aromatic N) is 1. The van der Waals surface area contributed by atoms with Crippen LogP contribution in [0, 0.1) is 0 Å². The third-order valence-corrected chi connectivity index (χ3v) is 8.03. The number of nitrogens with one attached hydrogen (secondary N) is 1. The Bertz CT molecular complexity index is 1420. The molecule has 1 aliphatic carbocycles. The van der Waals surface area contributed by atoms with Crippen molar-refractivity contribution in [1.29, 1.82) is 0 Å². The maximum atomic E-state index is 13.0. The maximum Gasteiger partial charge on any atom is 0.262 e. The van der Waals surface area contributed by atoms with Crippen LogP contribution in [0.1, 0.15) is 77.1 Å². The SMILES string of the molecule is O=C(COc1ccc(C2CCCCC2)cc1)Nc1cccc(Oc2ccc3c(c2)C(=O)N(CC2CCCO2)C3=O)c1. The highest BCUT2D eigenvalue weighted by molar-refractivity contribution is 6.21. The van der Waals surface area contributed by atoms with Gasteiger partial charge in [-0.2, -0.15) is 0 Å². The summed E-state index contributed by atoms with van der Waals surface area (Å²) in [6, 6.07) is 19.9. The minimum absolute atomic E-state index is 0.108. The third-order valence-electron chi connectivity index (χ3n) is 8.03. The molecule has 0 aromatic heterocycles. The lowest BCUT2D eigenvalue weighted by atomic mass is 9.84. The van der Waals surface area contributed by atoms with Crippen LogP contribution in [-0.4, -0.2) is 48.5 Å². The Labute approximate surface area is 239 Å². The summed E-state index contributed by atoms with van der Waals surface area (Å²) in [7, 11) is 0. The van der Waals surface area contributed by atoms with Gasteiger partial charge in [0.05, 0.1) is 23.8 Å². The molecule has 3 aromatic carbocycles. The van der Waals surface area contributed by atoms with E-state index in [1.165, 1.54) is 42.6 Å². The summed E-state index contributed by atoms with van der Waals surface area (Å²) in [4.78, 5) is 39.6. The van der Waals surface area contributed by atoms with Crippen LogP contribution in [0.2, 0.25) is 0 Å². The number of hydrogen-bond acceptors (Lipinski definition) is 6. The van der Waals surface area contributed by atoms with Gasteiger partial charge in [-0.05, 0) is 79.6 Å². The zero-order chi connectivity index (χ0) is 28.2. The lowest BCUT2D eigenvalue weighted by molar-refractivity contribution is -0.118. The fourth-order valence-electron chi connectivity index (χ4n) is 5.88. The van der Waals surface area contributed by atoms with E-state index in [0.717, 1.165) is 12.8 Å². The Balaban J connectivity index is 1.03. The molecule has 41 heavy (non-hydrogen) atoms. The molecule has 2 heterocycles. The second-order valence-electron chi connectivity index (χ2n) is 10.9. The molecular formula is C33H34N2O6. The Kier molecular flexibility index (Phi) is 8.00. The number of imide groups is 1. The number of anilines is 1. The Morgan fingerprint density at radius 1 is 0.829 bits per heavy atom. The van der Waals surface area contributed by atoms with Crippen LogP contribution < -0.4 is 14.8 Å². The minimum Gasteiger partial charge on any atom is -0.484 e. The van der Waals surface area contributed by atoms with E-state index in [4.69, 9.17) is 14.2 Å². The normalized spacial score (nSPS) is 18.8. The molecule has 6 rings (SSSR count). The number of fused-ring (bicyclic) bond motifs is 1. The number of ether oxygens (including phenoxy) is 3. The molecule has 8 heteroatoms. The second kappa shape index (κ2) is 12.1. The van der Waals surface area contributed by atoms with Crippen molar-refractivity contribution in [3.63, 3.8) is 0 Å². The smallest absolute Gasteiger partial charge is 0.262 e. The lowest BCUT2D eigenvalue weighted by Crippen LogP contribution is -2.36. The van der Waals surface area contributed by atoms with Crippen LogP contribution >= 0.6 is 0 Å². The Morgan fingerprint density at radius 2 is 1.59 bits per heavy atom. The first-order chi connectivity index (χ1) is 20.0. The van der Waals surface area contributed by atoms with Gasteiger partial charge in [0.1, 0.15) is 17.2 Å². The summed E-state index contributed by atoms with van der Waals surface area (Å²) >= 11 is 0. The first-order valence-corrected chi connectivity index (χ1v) is 14.5. The number of hydrogen-bond donors (Lipinski definition) is 1. The average Bonchev–Trinajstić information content (AvgIpc) is 3.60. The van der Waals surface area contributed by atoms with Crippen LogP contribution in [-0.2, 0) is 9.53 Å². The van der Waals surface area contributed by atoms with E-state index >= 15 is 0 Å². The van der Waals surface area contributed by atoms with E-state index in [1.54, 1.807) is 42.5 Å². The average molecular weight is 555 g/mol. The van der Waals surface area contributed by atoms with Crippen molar-refractivity contribution >= 4 is 23.4 Å². The van der Waals surface area contributed by atoms with Crippen LogP contribution in [0.25, 0.3) is 0 Å². The van der Waals surface area contributed by atoms with Gasteiger partial charge in [0, 0.05) is 18.4 Å². The van der Waals surface area contributed by atoms with Gasteiger partial charge >= 0.3 is 0 Å². The lowest BCUT2D eigenvalue weighted by Gasteiger charge is -2.22. The molecule has 0 spiro atoms. The summed E-state index contributed by atoms with van der Waals surface area (Å²) in [5.41, 5.74) is 2.58. The van der Waals surface area contributed by atoms with E-state index in [0.29, 0.717) is 46.6 Å². The minimum atomic E-state index is -0.337. The van der Waals surface area contributed by atoms with Gasteiger partial charge in [-0.3, -0.25) is 19.3 Å². The molecule has 3 amide bonds. The van der Waals surface area contributed by atoms with Crippen molar-refractivity contribution in [3.05, 3.63) is 83.4 Å². The van der Waals surface area contributed by atoms with Gasteiger partial charge < -0.3 is 19.5 Å². The summed E-state index contributed by atoms with van der Waals surface area (Å²) in [6.07, 6.45) is 8.06. The molecule has 1 atom stereocenters. The van der Waals surface area contributed by atoms with Crippen molar-refractivity contribution in [2.75, 3.05) is 25.1 Å². The fraction of sp³-hybridized carbons (Fsp3) is 0.364. The number of amides is 3. The fourth-order valence-corrected chi connectivity index (χ4v) is 5.88. The quantitative estimate of drug-likeness (QED) is 0.311. The van der Waals surface area contributed by atoms with Crippen LogP contribution in [0.4, 0.5) is 5.69 Å². The first-order valence-electron chi connectivity index (χ1n) is 14.5. The summed E-state index contributed by atoms with van der Waals surface area (Å²) in [5, 5.41) is 2.83. The second-order valence-corrected chi connectivity index (χ2v) is 10.9. The van der Waals surface area contributed by atoms with Crippen LogP contribution in [0.15, 0.2) is 66.7 Å². The molecule has 1 saturated heterocycles. The van der Waals surface area contributed by atoms with Crippen molar-refractivity contribution in [2.24, 2.45) is 0 Å². The van der Waals surface area contributed by atoms with Crippen molar-refractivity contribution in [3.8, 4) is 17.2 Å². The molecule has 1 saturated carbocycles. The number of benzene rings is 3. The molecule has 2 fully saturated rings. The van der Waals surface area contributed by atoms with Gasteiger partial charge in [-0.25, -0.2) is 0 Å². The number of rotatable bonds is 9. The van der Waals surface area contributed by atoms with Gasteiger partial charge in [0.2, 0.25) is 0 Å². The molecule has 1 unspecified atom stereocenters. The van der Waals surface area contributed by atoms with E-state index < -0.39 is 0 Å². The first kappa shape index (κ1) is 27.0. The van der Waals surface area contributed by atoms with Crippen LogP contribution in [0.3, 0.4) is 0 Å². The topological polar surface area (TPSA) is 94.2 Å². The molecule has 3 aliphatic rings. The van der Waals surface area contributed by atoms with Gasteiger partial charge in [0.25, 0.3) is 17.7 Å². The summed E-state index contributed by atoms with van der Waals surface area (Å²) in [6.45, 7) is 0.809. The zero-order valence-corrected chi connectivity index (χ0v) is 23.0. The molecule has 8 nitrogen and oxygen atoms in total. The summed E-state index contributed by atoms with van der Waals surface area (Å²) < 4.78 is 17.3. The van der Waals surface area contributed by atoms with E-state index in [2.05, 4.69) is 17.4 Å². The van der Waals surface area contributed by atoms with Gasteiger partial charge in [-0.1, -0.05) is 37.5 Å². The number of carbonyl (C=O) groups excluding carboxylic acids is 3. The largest absolute Gasteiger partial charge is 0.484 e. The van der Waals surface area contributed by atoms with Crippen LogP contribution in [0.5, 0.6) is 17.2 Å². The van der Waals surface area contributed by atoms with E-state index in [1.807, 2.05) is 12.1 Å². The molecule has 212 valence electrons. The monoisotopic (exact) mass is 554 g/mol. The maximum absolute atomic E-state index is 13.0. The van der Waals surface area contributed by atoms with Crippen molar-refractivity contribution in [1.82, 2.24) is 4.90 Å². The highest BCUT2D eigenvalue weighted by atomic mass is 16.5. The zero-order valence-electron chi connectivity index (χ0n) is 23.0. The van der Waals surface area contributed by atoms with Crippen molar-refractivity contribution in [2.45, 2.75) is 57.0 Å². The molecule has 3 aromatic rings. The Hall–Kier alpha value is -4.17. The Morgan fingerprint density at radius 3 is 2.37 bits per heavy atom. The summed E-state index contributed by atoms with van der Waals surface area (Å²) in [5.74, 6) is 1.26. The highest BCUT2D eigenvalue weighted by Crippen LogP contribution is 2.34. The molecular weight excluding hydrogens is 520 g/mol.